The Bertz CT molecular complexity index is 569. The maximum atomic E-state index is 4.60. The van der Waals surface area contributed by atoms with Crippen LogP contribution in [-0.2, 0) is 0 Å². The highest BCUT2D eigenvalue weighted by molar-refractivity contribution is 7.13. The topological polar surface area (TPSA) is 53.9 Å². The number of hydrogen-bond acceptors (Lipinski definition) is 6. The van der Waals surface area contributed by atoms with E-state index in [4.69, 9.17) is 0 Å². The summed E-state index contributed by atoms with van der Waals surface area (Å²) in [5.74, 6) is 1.29. The van der Waals surface area contributed by atoms with Crippen LogP contribution in [0.5, 0.6) is 0 Å². The first-order chi connectivity index (χ1) is 10.2. The van der Waals surface area contributed by atoms with Crippen LogP contribution >= 0.6 is 11.3 Å². The van der Waals surface area contributed by atoms with Crippen molar-refractivity contribution in [2.75, 3.05) is 18.4 Å². The summed E-state index contributed by atoms with van der Waals surface area (Å²) in [7, 11) is 0. The molecule has 5 nitrogen and oxygen atoms in total. The van der Waals surface area contributed by atoms with Gasteiger partial charge in [0.1, 0.15) is 0 Å². The van der Waals surface area contributed by atoms with Gasteiger partial charge in [-0.1, -0.05) is 0 Å². The predicted octanol–water partition coefficient (Wildman–Crippen LogP) is 3.26. The molecule has 112 valence electrons. The fourth-order valence-corrected chi connectivity index (χ4v) is 3.36. The van der Waals surface area contributed by atoms with E-state index in [-0.39, 0.29) is 0 Å². The fraction of sp³-hybridized carbons (Fsp3) is 0.533. The predicted molar refractivity (Wildman–Crippen MR) is 86.1 cm³/mol. The average molecular weight is 303 g/mol. The number of hydrogen-bond donors (Lipinski definition) is 1. The Balaban J connectivity index is 1.81. The molecular formula is C15H21N5S. The van der Waals surface area contributed by atoms with Crippen LogP contribution in [0.15, 0.2) is 24.0 Å². The lowest BCUT2D eigenvalue weighted by Crippen LogP contribution is -2.39. The Morgan fingerprint density at radius 1 is 1.24 bits per heavy atom. The Hall–Kier alpha value is -1.53. The third kappa shape index (κ3) is 3.39. The van der Waals surface area contributed by atoms with Crippen molar-refractivity contribution in [1.29, 1.82) is 0 Å². The standard InChI is InChI=1S/C15H21N5S/c1-11(2)20-8-3-4-12(10-20)13-14(17-6-5-16-13)19-15-18-7-9-21-15/h5-7,9,11-12H,3-4,8,10H2,1-2H3,(H,17,18,19)/t12-/m0/s1. The highest BCUT2D eigenvalue weighted by Crippen LogP contribution is 2.31. The van der Waals surface area contributed by atoms with Gasteiger partial charge in [0.05, 0.1) is 5.69 Å². The number of nitrogens with zero attached hydrogens (tertiary/aromatic N) is 4. The SMILES string of the molecule is CC(C)N1CCC[C@H](c2nccnc2Nc2nccs2)C1. The first kappa shape index (κ1) is 14.4. The van der Waals surface area contributed by atoms with Gasteiger partial charge in [0.25, 0.3) is 0 Å². The molecule has 1 atom stereocenters. The summed E-state index contributed by atoms with van der Waals surface area (Å²) in [6.45, 7) is 6.76. The van der Waals surface area contributed by atoms with E-state index in [9.17, 15) is 0 Å². The summed E-state index contributed by atoms with van der Waals surface area (Å²) in [4.78, 5) is 15.9. The van der Waals surface area contributed by atoms with Crippen LogP contribution in [0.3, 0.4) is 0 Å². The number of piperidine rings is 1. The number of rotatable bonds is 4. The zero-order valence-corrected chi connectivity index (χ0v) is 13.3. The van der Waals surface area contributed by atoms with E-state index in [1.807, 2.05) is 5.38 Å². The molecule has 1 saturated heterocycles. The van der Waals surface area contributed by atoms with Crippen molar-refractivity contribution >= 4 is 22.3 Å². The molecule has 2 aromatic heterocycles. The molecule has 0 amide bonds. The second-order valence-corrected chi connectivity index (χ2v) is 6.57. The smallest absolute Gasteiger partial charge is 0.188 e. The largest absolute Gasteiger partial charge is 0.315 e. The van der Waals surface area contributed by atoms with Gasteiger partial charge in [-0.25, -0.2) is 9.97 Å². The Labute approximate surface area is 129 Å². The van der Waals surface area contributed by atoms with E-state index in [0.717, 1.165) is 23.2 Å². The van der Waals surface area contributed by atoms with Crippen LogP contribution in [-0.4, -0.2) is 39.0 Å². The van der Waals surface area contributed by atoms with Gasteiger partial charge in [0, 0.05) is 42.5 Å². The van der Waals surface area contributed by atoms with Gasteiger partial charge in [-0.05, 0) is 33.2 Å². The lowest BCUT2D eigenvalue weighted by molar-refractivity contribution is 0.166. The molecule has 1 fully saturated rings. The molecule has 0 aromatic carbocycles. The molecule has 3 heterocycles. The second kappa shape index (κ2) is 6.49. The first-order valence-corrected chi connectivity index (χ1v) is 8.33. The minimum absolute atomic E-state index is 0.442. The molecule has 0 spiro atoms. The summed E-state index contributed by atoms with van der Waals surface area (Å²) in [6.07, 6.45) is 7.72. The molecule has 6 heteroatoms. The highest BCUT2D eigenvalue weighted by atomic mass is 32.1. The zero-order valence-electron chi connectivity index (χ0n) is 12.5. The first-order valence-electron chi connectivity index (χ1n) is 7.45. The van der Waals surface area contributed by atoms with Crippen molar-refractivity contribution in [2.45, 2.75) is 38.6 Å². The summed E-state index contributed by atoms with van der Waals surface area (Å²) >= 11 is 1.58. The van der Waals surface area contributed by atoms with Crippen molar-refractivity contribution in [1.82, 2.24) is 19.9 Å². The lowest BCUT2D eigenvalue weighted by Gasteiger charge is -2.35. The van der Waals surface area contributed by atoms with Crippen molar-refractivity contribution in [3.63, 3.8) is 0 Å². The summed E-state index contributed by atoms with van der Waals surface area (Å²) in [6, 6.07) is 0.583. The molecule has 0 radical (unpaired) electrons. The van der Waals surface area contributed by atoms with Gasteiger partial charge < -0.3 is 10.2 Å². The normalized spacial score (nSPS) is 19.9. The van der Waals surface area contributed by atoms with Crippen LogP contribution in [0.1, 0.15) is 38.3 Å². The molecule has 21 heavy (non-hydrogen) atoms. The Morgan fingerprint density at radius 2 is 2.10 bits per heavy atom. The summed E-state index contributed by atoms with van der Waals surface area (Å²) in [5, 5.41) is 6.14. The molecule has 0 unspecified atom stereocenters. The van der Waals surface area contributed by atoms with Crippen molar-refractivity contribution < 1.29 is 0 Å². The molecule has 1 aliphatic rings. The highest BCUT2D eigenvalue weighted by Gasteiger charge is 2.26. The number of aromatic nitrogens is 3. The summed E-state index contributed by atoms with van der Waals surface area (Å²) in [5.41, 5.74) is 1.07. The molecule has 0 bridgehead atoms. The maximum Gasteiger partial charge on any atom is 0.188 e. The Kier molecular flexibility index (Phi) is 4.45. The van der Waals surface area contributed by atoms with Crippen LogP contribution in [0.4, 0.5) is 10.9 Å². The van der Waals surface area contributed by atoms with Crippen molar-refractivity contribution in [2.24, 2.45) is 0 Å². The van der Waals surface area contributed by atoms with Crippen LogP contribution in [0, 0.1) is 0 Å². The van der Waals surface area contributed by atoms with Crippen molar-refractivity contribution in [3.05, 3.63) is 29.7 Å². The summed E-state index contributed by atoms with van der Waals surface area (Å²) < 4.78 is 0. The molecule has 0 aliphatic carbocycles. The van der Waals surface area contributed by atoms with E-state index in [1.54, 1.807) is 29.9 Å². The third-order valence-corrected chi connectivity index (χ3v) is 4.64. The van der Waals surface area contributed by atoms with Crippen molar-refractivity contribution in [3.8, 4) is 0 Å². The van der Waals surface area contributed by atoms with Gasteiger partial charge in [-0.2, -0.15) is 0 Å². The minimum Gasteiger partial charge on any atom is -0.315 e. The monoisotopic (exact) mass is 303 g/mol. The van der Waals surface area contributed by atoms with E-state index in [2.05, 4.69) is 39.0 Å². The second-order valence-electron chi connectivity index (χ2n) is 5.68. The van der Waals surface area contributed by atoms with Gasteiger partial charge >= 0.3 is 0 Å². The third-order valence-electron chi connectivity index (χ3n) is 3.95. The number of thiazole rings is 1. The Morgan fingerprint density at radius 3 is 2.86 bits per heavy atom. The molecule has 1 aliphatic heterocycles. The molecular weight excluding hydrogens is 282 g/mol. The fourth-order valence-electron chi connectivity index (χ4n) is 2.83. The zero-order chi connectivity index (χ0) is 14.7. The van der Waals surface area contributed by atoms with Crippen LogP contribution in [0.2, 0.25) is 0 Å². The molecule has 0 saturated carbocycles. The maximum absolute atomic E-state index is 4.60. The minimum atomic E-state index is 0.442. The number of likely N-dealkylation sites (tertiary alicyclic amines) is 1. The van der Waals surface area contributed by atoms with Gasteiger partial charge in [-0.15, -0.1) is 11.3 Å². The van der Waals surface area contributed by atoms with E-state index >= 15 is 0 Å². The van der Waals surface area contributed by atoms with Gasteiger partial charge in [-0.3, -0.25) is 4.98 Å². The van der Waals surface area contributed by atoms with E-state index in [1.165, 1.54) is 19.4 Å². The lowest BCUT2D eigenvalue weighted by atomic mass is 9.93. The van der Waals surface area contributed by atoms with Crippen LogP contribution < -0.4 is 5.32 Å². The molecule has 3 rings (SSSR count). The molecule has 1 N–H and O–H groups in total. The van der Waals surface area contributed by atoms with E-state index < -0.39 is 0 Å². The van der Waals surface area contributed by atoms with Crippen LogP contribution in [0.25, 0.3) is 0 Å². The quantitative estimate of drug-likeness (QED) is 0.939. The number of anilines is 2. The average Bonchev–Trinajstić information content (AvgIpc) is 3.01. The molecule has 2 aromatic rings. The van der Waals surface area contributed by atoms with Gasteiger partial charge in [0.15, 0.2) is 10.9 Å². The van der Waals surface area contributed by atoms with Gasteiger partial charge in [0.2, 0.25) is 0 Å². The van der Waals surface area contributed by atoms with E-state index in [0.29, 0.717) is 12.0 Å². The number of nitrogens with one attached hydrogen (secondary N) is 1.